The molecule has 0 fully saturated rings. The average molecular weight is 358 g/mol. The Balaban J connectivity index is 2.19. The Kier molecular flexibility index (Phi) is 4.86. The Hall–Kier alpha value is -1.73. The zero-order chi connectivity index (χ0) is 14.5. The molecule has 8 heteroatoms. The summed E-state index contributed by atoms with van der Waals surface area (Å²) in [7, 11) is 0. The van der Waals surface area contributed by atoms with Crippen molar-refractivity contribution in [3.63, 3.8) is 0 Å². The third kappa shape index (κ3) is 3.64. The first-order valence-corrected chi connectivity index (χ1v) is 6.86. The van der Waals surface area contributed by atoms with Crippen LogP contribution in [-0.2, 0) is 0 Å². The van der Waals surface area contributed by atoms with Gasteiger partial charge in [0.15, 0.2) is 5.82 Å². The lowest BCUT2D eigenvalue weighted by Gasteiger charge is -2.07. The molecule has 0 bridgehead atoms. The molecular weight excluding hydrogens is 348 g/mol. The minimum absolute atomic E-state index is 0.180. The Morgan fingerprint density at radius 1 is 1.45 bits per heavy atom. The first kappa shape index (κ1) is 14.7. The van der Waals surface area contributed by atoms with Crippen LogP contribution in [0.5, 0.6) is 5.88 Å². The summed E-state index contributed by atoms with van der Waals surface area (Å²) in [5.74, 6) is 0.186. The monoisotopic (exact) mass is 356 g/mol. The maximum absolute atomic E-state index is 12.1. The molecule has 20 heavy (non-hydrogen) atoms. The number of ether oxygens (including phenoxy) is 1. The van der Waals surface area contributed by atoms with Gasteiger partial charge in [0, 0.05) is 6.07 Å². The van der Waals surface area contributed by atoms with Crippen LogP contribution in [0.2, 0.25) is 5.15 Å². The van der Waals surface area contributed by atoms with Gasteiger partial charge in [0.1, 0.15) is 15.5 Å². The van der Waals surface area contributed by atoms with Gasteiger partial charge in [-0.3, -0.25) is 4.79 Å². The first-order chi connectivity index (χ1) is 9.60. The van der Waals surface area contributed by atoms with Gasteiger partial charge in [0.2, 0.25) is 5.88 Å². The lowest BCUT2D eigenvalue weighted by atomic mass is 10.3. The van der Waals surface area contributed by atoms with Gasteiger partial charge < -0.3 is 10.1 Å². The molecule has 0 atom stereocenters. The SMILES string of the molecule is CCOc1cccc(C(=O)Nc2nc(Cl)cnc2Br)n1. The predicted octanol–water partition coefficient (Wildman–Crippen LogP) is 2.94. The molecule has 1 N–H and O–H groups in total. The van der Waals surface area contributed by atoms with Gasteiger partial charge in [-0.25, -0.2) is 15.0 Å². The van der Waals surface area contributed by atoms with Crippen molar-refractivity contribution in [3.8, 4) is 5.88 Å². The third-order valence-electron chi connectivity index (χ3n) is 2.18. The summed E-state index contributed by atoms with van der Waals surface area (Å²) in [6.07, 6.45) is 1.37. The first-order valence-electron chi connectivity index (χ1n) is 5.69. The average Bonchev–Trinajstić information content (AvgIpc) is 2.43. The fraction of sp³-hybridized carbons (Fsp3) is 0.167. The van der Waals surface area contributed by atoms with Gasteiger partial charge in [-0.1, -0.05) is 17.7 Å². The highest BCUT2D eigenvalue weighted by molar-refractivity contribution is 9.10. The molecule has 1 amide bonds. The van der Waals surface area contributed by atoms with E-state index < -0.39 is 5.91 Å². The van der Waals surface area contributed by atoms with E-state index in [0.717, 1.165) is 0 Å². The Labute approximate surface area is 128 Å². The number of halogens is 2. The number of nitrogens with one attached hydrogen (secondary N) is 1. The molecule has 2 aromatic heterocycles. The Bertz CT molecular complexity index is 639. The number of hydrogen-bond acceptors (Lipinski definition) is 5. The van der Waals surface area contributed by atoms with Crippen molar-refractivity contribution in [1.29, 1.82) is 0 Å². The van der Waals surface area contributed by atoms with Gasteiger partial charge in [0.25, 0.3) is 5.91 Å². The lowest BCUT2D eigenvalue weighted by Crippen LogP contribution is -2.15. The maximum atomic E-state index is 12.1. The van der Waals surface area contributed by atoms with Gasteiger partial charge in [-0.05, 0) is 28.9 Å². The topological polar surface area (TPSA) is 77.0 Å². The molecule has 6 nitrogen and oxygen atoms in total. The highest BCUT2D eigenvalue weighted by Crippen LogP contribution is 2.19. The Morgan fingerprint density at radius 2 is 2.25 bits per heavy atom. The van der Waals surface area contributed by atoms with E-state index in [2.05, 4.69) is 36.2 Å². The van der Waals surface area contributed by atoms with Crippen LogP contribution in [0.25, 0.3) is 0 Å². The van der Waals surface area contributed by atoms with Crippen LogP contribution in [-0.4, -0.2) is 27.5 Å². The number of pyridine rings is 1. The van der Waals surface area contributed by atoms with Crippen LogP contribution in [0.1, 0.15) is 17.4 Å². The zero-order valence-electron chi connectivity index (χ0n) is 10.4. The summed E-state index contributed by atoms with van der Waals surface area (Å²) < 4.78 is 5.63. The maximum Gasteiger partial charge on any atom is 0.275 e. The van der Waals surface area contributed by atoms with E-state index in [-0.39, 0.29) is 16.7 Å². The van der Waals surface area contributed by atoms with E-state index in [0.29, 0.717) is 17.1 Å². The van der Waals surface area contributed by atoms with Crippen molar-refractivity contribution in [1.82, 2.24) is 15.0 Å². The fourth-order valence-corrected chi connectivity index (χ4v) is 1.80. The van der Waals surface area contributed by atoms with Crippen LogP contribution < -0.4 is 10.1 Å². The van der Waals surface area contributed by atoms with Crippen LogP contribution >= 0.6 is 27.5 Å². The van der Waals surface area contributed by atoms with Crippen LogP contribution in [0, 0.1) is 0 Å². The van der Waals surface area contributed by atoms with Crippen molar-refractivity contribution in [3.05, 3.63) is 39.8 Å². The van der Waals surface area contributed by atoms with Crippen LogP contribution in [0.15, 0.2) is 29.0 Å². The molecule has 2 rings (SSSR count). The number of carbonyl (C=O) groups is 1. The summed E-state index contributed by atoms with van der Waals surface area (Å²) in [5.41, 5.74) is 0.213. The second kappa shape index (κ2) is 6.62. The number of aromatic nitrogens is 3. The molecule has 0 aromatic carbocycles. The van der Waals surface area contributed by atoms with Crippen molar-refractivity contribution in [2.45, 2.75) is 6.92 Å². The van der Waals surface area contributed by atoms with Gasteiger partial charge in [-0.2, -0.15) is 0 Å². The fourth-order valence-electron chi connectivity index (χ4n) is 1.37. The van der Waals surface area contributed by atoms with Gasteiger partial charge >= 0.3 is 0 Å². The number of carbonyl (C=O) groups excluding carboxylic acids is 1. The molecule has 0 saturated carbocycles. The molecule has 104 valence electrons. The summed E-state index contributed by atoms with van der Waals surface area (Å²) in [6, 6.07) is 4.94. The summed E-state index contributed by atoms with van der Waals surface area (Å²) in [4.78, 5) is 24.0. The van der Waals surface area contributed by atoms with Crippen LogP contribution in [0.3, 0.4) is 0 Å². The van der Waals surface area contributed by atoms with E-state index in [1.165, 1.54) is 6.20 Å². The minimum Gasteiger partial charge on any atom is -0.478 e. The van der Waals surface area contributed by atoms with Crippen molar-refractivity contribution in [2.24, 2.45) is 0 Å². The molecule has 0 aliphatic heterocycles. The molecule has 2 heterocycles. The Morgan fingerprint density at radius 3 is 3.00 bits per heavy atom. The highest BCUT2D eigenvalue weighted by atomic mass is 79.9. The number of amides is 1. The summed E-state index contributed by atoms with van der Waals surface area (Å²) in [5, 5.41) is 2.75. The van der Waals surface area contributed by atoms with Crippen molar-refractivity contribution >= 4 is 39.3 Å². The van der Waals surface area contributed by atoms with E-state index in [9.17, 15) is 4.79 Å². The minimum atomic E-state index is -0.427. The number of anilines is 1. The zero-order valence-corrected chi connectivity index (χ0v) is 12.8. The van der Waals surface area contributed by atoms with Gasteiger partial charge in [0.05, 0.1) is 12.8 Å². The molecule has 0 spiro atoms. The third-order valence-corrected chi connectivity index (χ3v) is 2.94. The normalized spacial score (nSPS) is 10.2. The van der Waals surface area contributed by atoms with E-state index in [1.807, 2.05) is 6.92 Å². The quantitative estimate of drug-likeness (QED) is 0.910. The molecule has 0 aliphatic rings. The van der Waals surface area contributed by atoms with E-state index in [1.54, 1.807) is 18.2 Å². The predicted molar refractivity (Wildman–Crippen MR) is 78.1 cm³/mol. The number of hydrogen-bond donors (Lipinski definition) is 1. The molecule has 2 aromatic rings. The van der Waals surface area contributed by atoms with E-state index in [4.69, 9.17) is 16.3 Å². The number of nitrogens with zero attached hydrogens (tertiary/aromatic N) is 3. The van der Waals surface area contributed by atoms with Gasteiger partial charge in [-0.15, -0.1) is 0 Å². The molecule has 0 unspecified atom stereocenters. The summed E-state index contributed by atoms with van der Waals surface area (Å²) in [6.45, 7) is 2.32. The number of rotatable bonds is 4. The molecule has 0 saturated heterocycles. The second-order valence-corrected chi connectivity index (χ2v) is 4.72. The molecule has 0 aliphatic carbocycles. The highest BCUT2D eigenvalue weighted by Gasteiger charge is 2.12. The van der Waals surface area contributed by atoms with Crippen molar-refractivity contribution in [2.75, 3.05) is 11.9 Å². The largest absolute Gasteiger partial charge is 0.478 e. The second-order valence-electron chi connectivity index (χ2n) is 3.58. The molecule has 0 radical (unpaired) electrons. The van der Waals surface area contributed by atoms with Crippen molar-refractivity contribution < 1.29 is 9.53 Å². The molecular formula is C12H10BrClN4O2. The lowest BCUT2D eigenvalue weighted by molar-refractivity contribution is 0.102. The summed E-state index contributed by atoms with van der Waals surface area (Å²) >= 11 is 8.91. The van der Waals surface area contributed by atoms with E-state index >= 15 is 0 Å². The standard InChI is InChI=1S/C12H10BrClN4O2/c1-2-20-9-5-3-4-7(16-9)12(19)18-11-10(13)15-6-8(14)17-11/h3-6H,2H2,1H3,(H,17,18,19). The van der Waals surface area contributed by atoms with Crippen LogP contribution in [0.4, 0.5) is 5.82 Å². The smallest absolute Gasteiger partial charge is 0.275 e.